The number of benzene rings is 1. The van der Waals surface area contributed by atoms with Crippen LogP contribution in [-0.2, 0) is 0 Å². The summed E-state index contributed by atoms with van der Waals surface area (Å²) in [4.78, 5) is 14.0. The predicted molar refractivity (Wildman–Crippen MR) is 79.4 cm³/mol. The maximum absolute atomic E-state index is 13.9. The van der Waals surface area contributed by atoms with Crippen molar-refractivity contribution in [2.45, 2.75) is 27.2 Å². The van der Waals surface area contributed by atoms with E-state index in [0.29, 0.717) is 31.5 Å². The highest BCUT2D eigenvalue weighted by atomic mass is 19.1. The van der Waals surface area contributed by atoms with E-state index in [9.17, 15) is 13.6 Å². The Morgan fingerprint density at radius 2 is 2.00 bits per heavy atom. The SMILES string of the molecule is CCNc1c(F)cc(C(=O)N2CCC(C(C)C)C2)cc1F. The molecule has 3 nitrogen and oxygen atoms in total. The molecule has 1 aliphatic rings. The Bertz CT molecular complexity index is 508. The van der Waals surface area contributed by atoms with Gasteiger partial charge in [-0.05, 0) is 37.3 Å². The van der Waals surface area contributed by atoms with Crippen molar-refractivity contribution in [3.05, 3.63) is 29.3 Å². The van der Waals surface area contributed by atoms with Crippen LogP contribution in [-0.4, -0.2) is 30.4 Å². The molecule has 0 aliphatic carbocycles. The second-order valence-corrected chi connectivity index (χ2v) is 5.89. The minimum absolute atomic E-state index is 0.0797. The van der Waals surface area contributed by atoms with Crippen LogP contribution in [0.3, 0.4) is 0 Å². The van der Waals surface area contributed by atoms with E-state index in [1.54, 1.807) is 11.8 Å². The zero-order valence-corrected chi connectivity index (χ0v) is 12.7. The summed E-state index contributed by atoms with van der Waals surface area (Å²) in [6.45, 7) is 7.75. The number of likely N-dealkylation sites (tertiary alicyclic amines) is 1. The lowest BCUT2D eigenvalue weighted by atomic mass is 9.95. The minimum Gasteiger partial charge on any atom is -0.381 e. The molecule has 1 amide bonds. The fourth-order valence-electron chi connectivity index (χ4n) is 2.74. The number of halogens is 2. The Hall–Kier alpha value is -1.65. The Labute approximate surface area is 124 Å². The molecule has 1 aromatic carbocycles. The second-order valence-electron chi connectivity index (χ2n) is 5.89. The van der Waals surface area contributed by atoms with Gasteiger partial charge in [-0.25, -0.2) is 8.78 Å². The summed E-state index contributed by atoms with van der Waals surface area (Å²) in [5.41, 5.74) is -0.0911. The molecule has 0 spiro atoms. The number of nitrogens with zero attached hydrogens (tertiary/aromatic N) is 1. The van der Waals surface area contributed by atoms with Crippen LogP contribution in [0.4, 0.5) is 14.5 Å². The van der Waals surface area contributed by atoms with E-state index >= 15 is 0 Å². The van der Waals surface area contributed by atoms with Crippen molar-refractivity contribution >= 4 is 11.6 Å². The maximum atomic E-state index is 13.9. The largest absolute Gasteiger partial charge is 0.381 e. The number of carbonyl (C=O) groups excluding carboxylic acids is 1. The van der Waals surface area contributed by atoms with Gasteiger partial charge in [0.1, 0.15) is 17.3 Å². The van der Waals surface area contributed by atoms with E-state index in [1.807, 2.05) is 0 Å². The lowest BCUT2D eigenvalue weighted by Crippen LogP contribution is -2.29. The molecule has 1 fully saturated rings. The molecule has 0 aromatic heterocycles. The highest BCUT2D eigenvalue weighted by Gasteiger charge is 2.29. The lowest BCUT2D eigenvalue weighted by molar-refractivity contribution is 0.0783. The van der Waals surface area contributed by atoms with E-state index in [4.69, 9.17) is 0 Å². The van der Waals surface area contributed by atoms with Crippen LogP contribution >= 0.6 is 0 Å². The first kappa shape index (κ1) is 15.7. The fraction of sp³-hybridized carbons (Fsp3) is 0.562. The van der Waals surface area contributed by atoms with Crippen molar-refractivity contribution in [1.82, 2.24) is 4.90 Å². The van der Waals surface area contributed by atoms with Crippen molar-refractivity contribution in [3.8, 4) is 0 Å². The molecule has 1 saturated heterocycles. The molecule has 5 heteroatoms. The first-order valence-electron chi connectivity index (χ1n) is 7.46. The lowest BCUT2D eigenvalue weighted by Gasteiger charge is -2.19. The van der Waals surface area contributed by atoms with Gasteiger partial charge < -0.3 is 10.2 Å². The Morgan fingerprint density at radius 1 is 1.38 bits per heavy atom. The van der Waals surface area contributed by atoms with E-state index in [1.165, 1.54) is 0 Å². The monoisotopic (exact) mass is 296 g/mol. The molecule has 1 unspecified atom stereocenters. The molecule has 0 radical (unpaired) electrons. The van der Waals surface area contributed by atoms with Crippen molar-refractivity contribution in [2.75, 3.05) is 25.0 Å². The molecule has 116 valence electrons. The van der Waals surface area contributed by atoms with E-state index in [-0.39, 0.29) is 17.2 Å². The maximum Gasteiger partial charge on any atom is 0.254 e. The molecule has 21 heavy (non-hydrogen) atoms. The number of anilines is 1. The van der Waals surface area contributed by atoms with Crippen LogP contribution in [0.5, 0.6) is 0 Å². The van der Waals surface area contributed by atoms with Gasteiger partial charge in [0.2, 0.25) is 0 Å². The Kier molecular flexibility index (Phi) is 4.80. The quantitative estimate of drug-likeness (QED) is 0.922. The smallest absolute Gasteiger partial charge is 0.254 e. The second kappa shape index (κ2) is 6.41. The molecule has 1 aliphatic heterocycles. The summed E-state index contributed by atoms with van der Waals surface area (Å²) in [6.07, 6.45) is 0.948. The Balaban J connectivity index is 2.17. The molecule has 1 N–H and O–H groups in total. The zero-order chi connectivity index (χ0) is 15.6. The van der Waals surface area contributed by atoms with Gasteiger partial charge in [-0.15, -0.1) is 0 Å². The van der Waals surface area contributed by atoms with Crippen LogP contribution in [0, 0.1) is 23.5 Å². The van der Waals surface area contributed by atoms with Crippen molar-refractivity contribution in [3.63, 3.8) is 0 Å². The van der Waals surface area contributed by atoms with Gasteiger partial charge in [-0.2, -0.15) is 0 Å². The third-order valence-electron chi connectivity index (χ3n) is 4.10. The number of nitrogens with one attached hydrogen (secondary N) is 1. The molecular formula is C16H22F2N2O. The van der Waals surface area contributed by atoms with E-state index < -0.39 is 11.6 Å². The number of hydrogen-bond donors (Lipinski definition) is 1. The van der Waals surface area contributed by atoms with Crippen molar-refractivity contribution < 1.29 is 13.6 Å². The number of hydrogen-bond acceptors (Lipinski definition) is 2. The van der Waals surface area contributed by atoms with Gasteiger partial charge in [0.25, 0.3) is 5.91 Å². The molecule has 0 saturated carbocycles. The summed E-state index contributed by atoms with van der Waals surface area (Å²) >= 11 is 0. The molecule has 1 atom stereocenters. The van der Waals surface area contributed by atoms with Gasteiger partial charge in [0, 0.05) is 25.2 Å². The van der Waals surface area contributed by atoms with Gasteiger partial charge in [-0.3, -0.25) is 4.79 Å². The number of carbonyl (C=O) groups is 1. The highest BCUT2D eigenvalue weighted by molar-refractivity contribution is 5.94. The van der Waals surface area contributed by atoms with Gasteiger partial charge in [0.15, 0.2) is 0 Å². The molecule has 1 heterocycles. The highest BCUT2D eigenvalue weighted by Crippen LogP contribution is 2.26. The third kappa shape index (κ3) is 3.34. The summed E-state index contributed by atoms with van der Waals surface area (Å²) < 4.78 is 27.8. The molecular weight excluding hydrogens is 274 g/mol. The standard InChI is InChI=1S/C16H22F2N2O/c1-4-19-15-13(17)7-12(8-14(15)18)16(21)20-6-5-11(9-20)10(2)3/h7-8,10-11,19H,4-6,9H2,1-3H3. The third-order valence-corrected chi connectivity index (χ3v) is 4.10. The van der Waals surface area contributed by atoms with Crippen LogP contribution in [0.25, 0.3) is 0 Å². The fourth-order valence-corrected chi connectivity index (χ4v) is 2.74. The van der Waals surface area contributed by atoms with E-state index in [2.05, 4.69) is 19.2 Å². The number of amides is 1. The predicted octanol–water partition coefficient (Wildman–Crippen LogP) is 3.51. The van der Waals surface area contributed by atoms with Gasteiger partial charge in [0.05, 0.1) is 0 Å². The molecule has 1 aromatic rings. The summed E-state index contributed by atoms with van der Waals surface area (Å²) in [5.74, 6) is -0.768. The van der Waals surface area contributed by atoms with Crippen molar-refractivity contribution in [1.29, 1.82) is 0 Å². The molecule has 0 bridgehead atoms. The first-order valence-corrected chi connectivity index (χ1v) is 7.46. The average molecular weight is 296 g/mol. The van der Waals surface area contributed by atoms with Crippen LogP contribution in [0.1, 0.15) is 37.6 Å². The van der Waals surface area contributed by atoms with Crippen LogP contribution in [0.2, 0.25) is 0 Å². The van der Waals surface area contributed by atoms with Gasteiger partial charge in [-0.1, -0.05) is 13.8 Å². The zero-order valence-electron chi connectivity index (χ0n) is 12.7. The van der Waals surface area contributed by atoms with Crippen LogP contribution < -0.4 is 5.32 Å². The topological polar surface area (TPSA) is 32.3 Å². The summed E-state index contributed by atoms with van der Waals surface area (Å²) in [5, 5.41) is 2.63. The normalized spacial score (nSPS) is 18.4. The first-order chi connectivity index (χ1) is 9.93. The average Bonchev–Trinajstić information content (AvgIpc) is 2.91. The summed E-state index contributed by atoms with van der Waals surface area (Å²) in [6, 6.07) is 2.23. The molecule has 2 rings (SSSR count). The van der Waals surface area contributed by atoms with Gasteiger partial charge >= 0.3 is 0 Å². The van der Waals surface area contributed by atoms with Crippen molar-refractivity contribution in [2.24, 2.45) is 11.8 Å². The van der Waals surface area contributed by atoms with E-state index in [0.717, 1.165) is 18.6 Å². The summed E-state index contributed by atoms with van der Waals surface area (Å²) in [7, 11) is 0. The number of rotatable bonds is 4. The minimum atomic E-state index is -0.722. The van der Waals surface area contributed by atoms with Crippen LogP contribution in [0.15, 0.2) is 12.1 Å². The Morgan fingerprint density at radius 3 is 2.48 bits per heavy atom.